The Morgan fingerprint density at radius 3 is 2.36 bits per heavy atom. The molecular weight excluding hydrogens is 312 g/mol. The number of carbonyl (C=O) groups excluding carboxylic acids is 1. The molecule has 1 aliphatic rings. The number of thiocarbonyl (C=S) groups is 1. The Morgan fingerprint density at radius 2 is 1.73 bits per heavy atom. The van der Waals surface area contributed by atoms with E-state index in [2.05, 4.69) is 0 Å². The van der Waals surface area contributed by atoms with Crippen molar-refractivity contribution in [1.29, 1.82) is 0 Å². The van der Waals surface area contributed by atoms with Gasteiger partial charge in [-0.1, -0.05) is 53.8 Å². The van der Waals surface area contributed by atoms with Crippen LogP contribution in [0.4, 0.5) is 11.4 Å². The highest BCUT2D eigenvalue weighted by atomic mass is 32.2. The van der Waals surface area contributed by atoms with Crippen molar-refractivity contribution in [2.24, 2.45) is 0 Å². The Kier molecular flexibility index (Phi) is 4.00. The van der Waals surface area contributed by atoms with E-state index in [-0.39, 0.29) is 5.91 Å². The summed E-state index contributed by atoms with van der Waals surface area (Å²) in [6.07, 6.45) is 1.87. The Balaban J connectivity index is 1.91. The molecule has 0 aromatic heterocycles. The van der Waals surface area contributed by atoms with Crippen LogP contribution >= 0.6 is 24.0 Å². The van der Waals surface area contributed by atoms with Gasteiger partial charge >= 0.3 is 0 Å². The molecule has 1 amide bonds. The maximum atomic E-state index is 12.6. The number of hydrogen-bond acceptors (Lipinski definition) is 4. The normalized spacial score (nSPS) is 16.6. The SMILES string of the molecule is Cc1ccc(/C=C2/SC(=S)N(c3ccc(N)cc3)C2=O)cc1. The zero-order chi connectivity index (χ0) is 15.7. The van der Waals surface area contributed by atoms with Crippen LogP contribution in [-0.2, 0) is 4.79 Å². The highest BCUT2D eigenvalue weighted by Crippen LogP contribution is 2.36. The van der Waals surface area contributed by atoms with Gasteiger partial charge in [0.15, 0.2) is 4.32 Å². The number of nitrogens with zero attached hydrogens (tertiary/aromatic N) is 1. The summed E-state index contributed by atoms with van der Waals surface area (Å²) in [5, 5.41) is 0. The predicted molar refractivity (Wildman–Crippen MR) is 97.7 cm³/mol. The number of benzene rings is 2. The van der Waals surface area contributed by atoms with Crippen LogP contribution in [0, 0.1) is 6.92 Å². The molecule has 1 aliphatic heterocycles. The molecule has 1 fully saturated rings. The molecule has 0 radical (unpaired) electrons. The number of anilines is 2. The number of thioether (sulfide) groups is 1. The van der Waals surface area contributed by atoms with Crippen molar-refractivity contribution in [2.75, 3.05) is 10.6 Å². The van der Waals surface area contributed by atoms with Crippen LogP contribution in [0.25, 0.3) is 6.08 Å². The van der Waals surface area contributed by atoms with E-state index in [1.54, 1.807) is 29.2 Å². The van der Waals surface area contributed by atoms with Gasteiger partial charge in [0, 0.05) is 5.69 Å². The van der Waals surface area contributed by atoms with Crippen LogP contribution < -0.4 is 10.6 Å². The second-order valence-corrected chi connectivity index (χ2v) is 6.70. The van der Waals surface area contributed by atoms with Gasteiger partial charge in [-0.2, -0.15) is 0 Å². The number of amides is 1. The largest absolute Gasteiger partial charge is 0.399 e. The highest BCUT2D eigenvalue weighted by Gasteiger charge is 2.33. The topological polar surface area (TPSA) is 46.3 Å². The smallest absolute Gasteiger partial charge is 0.270 e. The van der Waals surface area contributed by atoms with Gasteiger partial charge in [0.2, 0.25) is 0 Å². The fraction of sp³-hybridized carbons (Fsp3) is 0.0588. The number of rotatable bonds is 2. The van der Waals surface area contributed by atoms with Crippen molar-refractivity contribution in [3.05, 3.63) is 64.6 Å². The van der Waals surface area contributed by atoms with Gasteiger partial charge in [0.05, 0.1) is 10.6 Å². The van der Waals surface area contributed by atoms with Crippen molar-refractivity contribution in [1.82, 2.24) is 0 Å². The number of carbonyl (C=O) groups is 1. The summed E-state index contributed by atoms with van der Waals surface area (Å²) < 4.78 is 0.535. The molecule has 0 unspecified atom stereocenters. The molecule has 2 N–H and O–H groups in total. The van der Waals surface area contributed by atoms with Crippen LogP contribution in [0.15, 0.2) is 53.4 Å². The summed E-state index contributed by atoms with van der Waals surface area (Å²) in [6, 6.07) is 15.1. The molecule has 22 heavy (non-hydrogen) atoms. The average Bonchev–Trinajstić information content (AvgIpc) is 2.77. The van der Waals surface area contributed by atoms with Crippen molar-refractivity contribution < 1.29 is 4.79 Å². The molecule has 0 saturated carbocycles. The Hall–Kier alpha value is -2.11. The van der Waals surface area contributed by atoms with Crippen molar-refractivity contribution in [3.8, 4) is 0 Å². The molecule has 2 aromatic carbocycles. The number of nitrogen functional groups attached to an aromatic ring is 1. The predicted octanol–water partition coefficient (Wildman–Crippen LogP) is 3.98. The van der Waals surface area contributed by atoms with Gasteiger partial charge in [-0.3, -0.25) is 9.69 Å². The molecule has 3 nitrogen and oxygen atoms in total. The summed E-state index contributed by atoms with van der Waals surface area (Å²) in [5.74, 6) is -0.0969. The van der Waals surface area contributed by atoms with E-state index in [9.17, 15) is 4.79 Å². The molecule has 0 aliphatic carbocycles. The van der Waals surface area contributed by atoms with Gasteiger partial charge in [0.1, 0.15) is 0 Å². The van der Waals surface area contributed by atoms with Gasteiger partial charge in [-0.25, -0.2) is 0 Å². The van der Waals surface area contributed by atoms with Gasteiger partial charge < -0.3 is 5.73 Å². The zero-order valence-corrected chi connectivity index (χ0v) is 13.6. The zero-order valence-electron chi connectivity index (χ0n) is 11.9. The van der Waals surface area contributed by atoms with E-state index in [1.165, 1.54) is 17.3 Å². The third kappa shape index (κ3) is 2.91. The van der Waals surface area contributed by atoms with Crippen LogP contribution in [0.2, 0.25) is 0 Å². The van der Waals surface area contributed by atoms with Gasteiger partial charge in [-0.15, -0.1) is 0 Å². The van der Waals surface area contributed by atoms with E-state index in [0.29, 0.717) is 14.9 Å². The quantitative estimate of drug-likeness (QED) is 0.515. The third-order valence-electron chi connectivity index (χ3n) is 3.32. The maximum Gasteiger partial charge on any atom is 0.270 e. The third-order valence-corrected chi connectivity index (χ3v) is 4.62. The van der Waals surface area contributed by atoms with Crippen LogP contribution in [-0.4, -0.2) is 10.2 Å². The first-order valence-electron chi connectivity index (χ1n) is 6.75. The van der Waals surface area contributed by atoms with E-state index in [0.717, 1.165) is 11.3 Å². The van der Waals surface area contributed by atoms with Crippen LogP contribution in [0.3, 0.4) is 0 Å². The summed E-state index contributed by atoms with van der Waals surface area (Å²) in [5.41, 5.74) is 9.26. The second-order valence-electron chi connectivity index (χ2n) is 5.02. The molecule has 0 atom stereocenters. The van der Waals surface area contributed by atoms with E-state index < -0.39 is 0 Å². The minimum absolute atomic E-state index is 0.0969. The van der Waals surface area contributed by atoms with E-state index >= 15 is 0 Å². The summed E-state index contributed by atoms with van der Waals surface area (Å²) in [4.78, 5) is 14.8. The van der Waals surface area contributed by atoms with Crippen LogP contribution in [0.5, 0.6) is 0 Å². The lowest BCUT2D eigenvalue weighted by Gasteiger charge is -2.14. The highest BCUT2D eigenvalue weighted by molar-refractivity contribution is 8.27. The molecule has 5 heteroatoms. The van der Waals surface area contributed by atoms with Gasteiger partial charge in [0.25, 0.3) is 5.91 Å². The first-order valence-corrected chi connectivity index (χ1v) is 7.97. The molecular formula is C17H14N2OS2. The van der Waals surface area contributed by atoms with Gasteiger partial charge in [-0.05, 0) is 42.8 Å². The molecule has 2 aromatic rings. The molecule has 0 bridgehead atoms. The molecule has 3 rings (SSSR count). The van der Waals surface area contributed by atoms with Crippen LogP contribution in [0.1, 0.15) is 11.1 Å². The second kappa shape index (κ2) is 5.94. The van der Waals surface area contributed by atoms with E-state index in [1.807, 2.05) is 37.3 Å². The summed E-state index contributed by atoms with van der Waals surface area (Å²) >= 11 is 6.66. The number of hydrogen-bond donors (Lipinski definition) is 1. The summed E-state index contributed by atoms with van der Waals surface area (Å²) in [7, 11) is 0. The maximum absolute atomic E-state index is 12.6. The molecule has 1 heterocycles. The lowest BCUT2D eigenvalue weighted by atomic mass is 10.1. The number of nitrogens with two attached hydrogens (primary N) is 1. The van der Waals surface area contributed by atoms with Crippen molar-refractivity contribution in [2.45, 2.75) is 6.92 Å². The molecule has 0 spiro atoms. The average molecular weight is 326 g/mol. The lowest BCUT2D eigenvalue weighted by molar-refractivity contribution is -0.113. The minimum Gasteiger partial charge on any atom is -0.399 e. The monoisotopic (exact) mass is 326 g/mol. The fourth-order valence-electron chi connectivity index (χ4n) is 2.13. The lowest BCUT2D eigenvalue weighted by Crippen LogP contribution is -2.27. The first kappa shape index (κ1) is 14.8. The first-order chi connectivity index (χ1) is 10.5. The Labute approximate surface area is 138 Å². The molecule has 110 valence electrons. The van der Waals surface area contributed by atoms with Crippen molar-refractivity contribution >= 4 is 51.7 Å². The number of aryl methyl sites for hydroxylation is 1. The standard InChI is InChI=1S/C17H14N2OS2/c1-11-2-4-12(5-3-11)10-15-16(20)19(17(21)22-15)14-8-6-13(18)7-9-14/h2-10H,18H2,1H3/b15-10+. The molecule has 1 saturated heterocycles. The Bertz CT molecular complexity index is 764. The summed E-state index contributed by atoms with van der Waals surface area (Å²) in [6.45, 7) is 2.03. The fourth-order valence-corrected chi connectivity index (χ4v) is 3.43. The van der Waals surface area contributed by atoms with E-state index in [4.69, 9.17) is 18.0 Å². The van der Waals surface area contributed by atoms with Crippen molar-refractivity contribution in [3.63, 3.8) is 0 Å². The minimum atomic E-state index is -0.0969. The Morgan fingerprint density at radius 1 is 1.09 bits per heavy atom.